The SMILES string of the molecule is CCN(CC)C(CN=C(N)NCCc1ccccn1)c1ccc(C(F)(F)F)cc1.I. The minimum atomic E-state index is -4.34. The van der Waals surface area contributed by atoms with Gasteiger partial charge in [-0.1, -0.05) is 32.0 Å². The molecule has 5 nitrogen and oxygen atoms in total. The van der Waals surface area contributed by atoms with E-state index >= 15 is 0 Å². The van der Waals surface area contributed by atoms with Crippen molar-refractivity contribution in [2.45, 2.75) is 32.5 Å². The second-order valence-corrected chi connectivity index (χ2v) is 6.58. The normalized spacial score (nSPS) is 13.1. The Morgan fingerprint density at radius 1 is 1.13 bits per heavy atom. The Balaban J connectivity index is 0.00000450. The van der Waals surface area contributed by atoms with Crippen LogP contribution in [-0.2, 0) is 12.6 Å². The second kappa shape index (κ2) is 12.7. The molecule has 0 saturated heterocycles. The molecule has 0 aliphatic heterocycles. The Morgan fingerprint density at radius 3 is 2.33 bits per heavy atom. The van der Waals surface area contributed by atoms with Gasteiger partial charge in [0, 0.05) is 24.9 Å². The number of alkyl halides is 3. The third-order valence-corrected chi connectivity index (χ3v) is 4.72. The molecule has 3 N–H and O–H groups in total. The van der Waals surface area contributed by atoms with E-state index in [1.807, 2.05) is 32.0 Å². The number of aliphatic imine (C=N–C) groups is 1. The summed E-state index contributed by atoms with van der Waals surface area (Å²) in [6.45, 7) is 6.49. The molecule has 2 aromatic rings. The van der Waals surface area contributed by atoms with Gasteiger partial charge in [0.25, 0.3) is 0 Å². The number of hydrogen-bond acceptors (Lipinski definition) is 3. The summed E-state index contributed by atoms with van der Waals surface area (Å²) in [4.78, 5) is 10.8. The van der Waals surface area contributed by atoms with Crippen LogP contribution in [0.1, 0.15) is 36.7 Å². The maximum Gasteiger partial charge on any atom is 0.416 e. The number of aromatic nitrogens is 1. The van der Waals surface area contributed by atoms with E-state index < -0.39 is 11.7 Å². The molecule has 30 heavy (non-hydrogen) atoms. The van der Waals surface area contributed by atoms with Gasteiger partial charge in [-0.05, 0) is 42.9 Å². The van der Waals surface area contributed by atoms with Crippen LogP contribution in [0.3, 0.4) is 0 Å². The van der Waals surface area contributed by atoms with Crippen LogP contribution in [0.15, 0.2) is 53.7 Å². The standard InChI is InChI=1S/C21H28F3N5.HI/c1-3-29(4-2)19(16-8-10-17(11-9-16)21(22,23)24)15-28-20(25)27-14-12-18-7-5-6-13-26-18;/h5-11,13,19H,3-4,12,14-15H2,1-2H3,(H3,25,27,28);1H. The first-order valence-corrected chi connectivity index (χ1v) is 9.70. The first-order valence-electron chi connectivity index (χ1n) is 9.70. The van der Waals surface area contributed by atoms with Crippen LogP contribution in [0.4, 0.5) is 13.2 Å². The highest BCUT2D eigenvalue weighted by molar-refractivity contribution is 14.0. The molecule has 166 valence electrons. The Labute approximate surface area is 193 Å². The third-order valence-electron chi connectivity index (χ3n) is 4.72. The van der Waals surface area contributed by atoms with Gasteiger partial charge in [0.1, 0.15) is 0 Å². The van der Waals surface area contributed by atoms with Crippen molar-refractivity contribution in [3.63, 3.8) is 0 Å². The summed E-state index contributed by atoms with van der Waals surface area (Å²) in [5.41, 5.74) is 7.07. The molecule has 9 heteroatoms. The summed E-state index contributed by atoms with van der Waals surface area (Å²) in [6, 6.07) is 10.9. The van der Waals surface area contributed by atoms with Crippen molar-refractivity contribution in [1.29, 1.82) is 0 Å². The van der Waals surface area contributed by atoms with Crippen LogP contribution in [-0.4, -0.2) is 42.0 Å². The monoisotopic (exact) mass is 535 g/mol. The minimum absolute atomic E-state index is 0. The summed E-state index contributed by atoms with van der Waals surface area (Å²) in [6.07, 6.45) is -1.88. The lowest BCUT2D eigenvalue weighted by Gasteiger charge is -2.29. The molecular weight excluding hydrogens is 506 g/mol. The number of pyridine rings is 1. The molecule has 1 unspecified atom stereocenters. The minimum Gasteiger partial charge on any atom is -0.370 e. The number of hydrogen-bond donors (Lipinski definition) is 2. The second-order valence-electron chi connectivity index (χ2n) is 6.58. The number of rotatable bonds is 9. The molecule has 1 aromatic heterocycles. The molecule has 0 aliphatic rings. The molecule has 0 aliphatic carbocycles. The lowest BCUT2D eigenvalue weighted by Crippen LogP contribution is -2.35. The van der Waals surface area contributed by atoms with Gasteiger partial charge in [0.15, 0.2) is 5.96 Å². The van der Waals surface area contributed by atoms with Gasteiger partial charge >= 0.3 is 6.18 Å². The van der Waals surface area contributed by atoms with Crippen LogP contribution >= 0.6 is 24.0 Å². The van der Waals surface area contributed by atoms with Crippen molar-refractivity contribution < 1.29 is 13.2 Å². The molecular formula is C21H29F3IN5. The molecule has 2 rings (SSSR count). The van der Waals surface area contributed by atoms with Gasteiger partial charge in [-0.15, -0.1) is 24.0 Å². The molecule has 0 saturated carbocycles. The molecule has 1 heterocycles. The highest BCUT2D eigenvalue weighted by Crippen LogP contribution is 2.31. The Morgan fingerprint density at radius 2 is 1.80 bits per heavy atom. The molecule has 1 atom stereocenters. The molecule has 0 amide bonds. The van der Waals surface area contributed by atoms with Crippen LogP contribution in [0, 0.1) is 0 Å². The van der Waals surface area contributed by atoms with Crippen LogP contribution in [0.2, 0.25) is 0 Å². The zero-order chi connectivity index (χ0) is 21.3. The maximum absolute atomic E-state index is 12.8. The summed E-state index contributed by atoms with van der Waals surface area (Å²) < 4.78 is 38.5. The largest absolute Gasteiger partial charge is 0.416 e. The van der Waals surface area contributed by atoms with Gasteiger partial charge in [0.05, 0.1) is 18.2 Å². The highest BCUT2D eigenvalue weighted by atomic mass is 127. The van der Waals surface area contributed by atoms with Crippen molar-refractivity contribution in [3.8, 4) is 0 Å². The Kier molecular flexibility index (Phi) is 11.1. The van der Waals surface area contributed by atoms with Crippen molar-refractivity contribution >= 4 is 29.9 Å². The summed E-state index contributed by atoms with van der Waals surface area (Å²) in [5, 5.41) is 3.06. The van der Waals surface area contributed by atoms with Gasteiger partial charge in [-0.25, -0.2) is 0 Å². The topological polar surface area (TPSA) is 66.5 Å². The quantitative estimate of drug-likeness (QED) is 0.287. The summed E-state index contributed by atoms with van der Waals surface area (Å²) >= 11 is 0. The molecule has 0 spiro atoms. The van der Waals surface area contributed by atoms with E-state index in [4.69, 9.17) is 5.73 Å². The zero-order valence-electron chi connectivity index (χ0n) is 17.2. The van der Waals surface area contributed by atoms with E-state index in [0.29, 0.717) is 19.0 Å². The first kappa shape index (κ1) is 26.2. The predicted molar refractivity (Wildman–Crippen MR) is 125 cm³/mol. The fourth-order valence-electron chi connectivity index (χ4n) is 3.10. The van der Waals surface area contributed by atoms with Crippen molar-refractivity contribution in [3.05, 3.63) is 65.5 Å². The maximum atomic E-state index is 12.8. The average Bonchev–Trinajstić information content (AvgIpc) is 2.71. The number of nitrogens with zero attached hydrogens (tertiary/aromatic N) is 3. The lowest BCUT2D eigenvalue weighted by atomic mass is 10.0. The van der Waals surface area contributed by atoms with Crippen LogP contribution in [0.5, 0.6) is 0 Å². The Hall–Kier alpha value is -1.88. The Bertz CT molecular complexity index is 762. The van der Waals surface area contributed by atoms with Gasteiger partial charge in [-0.2, -0.15) is 13.2 Å². The van der Waals surface area contributed by atoms with E-state index in [-0.39, 0.29) is 30.0 Å². The number of likely N-dealkylation sites (N-methyl/N-ethyl adjacent to an activating group) is 1. The molecule has 0 radical (unpaired) electrons. The van der Waals surface area contributed by atoms with E-state index in [2.05, 4.69) is 20.2 Å². The van der Waals surface area contributed by atoms with E-state index in [9.17, 15) is 13.2 Å². The number of benzene rings is 1. The fraction of sp³-hybridized carbons (Fsp3) is 0.429. The highest BCUT2D eigenvalue weighted by Gasteiger charge is 2.30. The fourth-order valence-corrected chi connectivity index (χ4v) is 3.10. The molecule has 0 fully saturated rings. The van der Waals surface area contributed by atoms with Crippen LogP contribution in [0.25, 0.3) is 0 Å². The third kappa shape index (κ3) is 8.10. The predicted octanol–water partition coefficient (Wildman–Crippen LogP) is 4.25. The zero-order valence-corrected chi connectivity index (χ0v) is 19.5. The smallest absolute Gasteiger partial charge is 0.370 e. The average molecular weight is 535 g/mol. The van der Waals surface area contributed by atoms with E-state index in [1.54, 1.807) is 6.20 Å². The lowest BCUT2D eigenvalue weighted by molar-refractivity contribution is -0.137. The van der Waals surface area contributed by atoms with Crippen molar-refractivity contribution in [1.82, 2.24) is 15.2 Å². The molecule has 0 bridgehead atoms. The number of halogens is 4. The number of nitrogens with two attached hydrogens (primary N) is 1. The van der Waals surface area contributed by atoms with Crippen molar-refractivity contribution in [2.75, 3.05) is 26.2 Å². The van der Waals surface area contributed by atoms with E-state index in [1.165, 1.54) is 12.1 Å². The number of nitrogens with one attached hydrogen (secondary N) is 1. The van der Waals surface area contributed by atoms with Gasteiger partial charge in [0.2, 0.25) is 0 Å². The summed E-state index contributed by atoms with van der Waals surface area (Å²) in [5.74, 6) is 0.310. The van der Waals surface area contributed by atoms with Gasteiger partial charge < -0.3 is 11.1 Å². The van der Waals surface area contributed by atoms with Crippen molar-refractivity contribution in [2.24, 2.45) is 10.7 Å². The summed E-state index contributed by atoms with van der Waals surface area (Å²) in [7, 11) is 0. The van der Waals surface area contributed by atoms with Gasteiger partial charge in [-0.3, -0.25) is 14.9 Å². The number of guanidine groups is 1. The molecule has 1 aromatic carbocycles. The van der Waals surface area contributed by atoms with Crippen LogP contribution < -0.4 is 11.1 Å². The van der Waals surface area contributed by atoms with E-state index in [0.717, 1.165) is 42.9 Å². The first-order chi connectivity index (χ1) is 13.8.